The van der Waals surface area contributed by atoms with Gasteiger partial charge in [-0.25, -0.2) is 4.39 Å². The number of ether oxygens (including phenoxy) is 1. The van der Waals surface area contributed by atoms with Crippen LogP contribution in [0.25, 0.3) is 0 Å². The van der Waals surface area contributed by atoms with Crippen molar-refractivity contribution in [3.05, 3.63) is 65.7 Å². The standard InChI is InChI=1S/C25H29FN6O3S/c1-35-19-11-7-8-17(14-19)27-15-22-28-31-25(32(22)18-9-3-2-4-10-18)36-16-23(33)29-30-24(34)20-12-5-6-13-21(20)26/h5-8,11-14,18,27H,2-4,9-10,15-16H2,1H3,(H,29,33)(H,30,34). The Morgan fingerprint density at radius 1 is 1.08 bits per heavy atom. The summed E-state index contributed by atoms with van der Waals surface area (Å²) in [5.74, 6) is -0.235. The van der Waals surface area contributed by atoms with Crippen molar-refractivity contribution >= 4 is 29.3 Å². The summed E-state index contributed by atoms with van der Waals surface area (Å²) in [7, 11) is 1.63. The minimum Gasteiger partial charge on any atom is -0.497 e. The molecule has 36 heavy (non-hydrogen) atoms. The molecule has 9 nitrogen and oxygen atoms in total. The van der Waals surface area contributed by atoms with Gasteiger partial charge < -0.3 is 14.6 Å². The molecule has 2 aromatic carbocycles. The SMILES string of the molecule is COc1cccc(NCc2nnc(SCC(=O)NNC(=O)c3ccccc3F)n2C2CCCCC2)c1. The van der Waals surface area contributed by atoms with E-state index in [2.05, 4.69) is 30.9 Å². The minimum atomic E-state index is -0.720. The van der Waals surface area contributed by atoms with E-state index in [1.807, 2.05) is 24.3 Å². The van der Waals surface area contributed by atoms with Crippen LogP contribution in [0.2, 0.25) is 0 Å². The Kier molecular flexibility index (Phi) is 8.77. The van der Waals surface area contributed by atoms with E-state index < -0.39 is 17.6 Å². The molecule has 0 aliphatic heterocycles. The molecule has 1 saturated carbocycles. The summed E-state index contributed by atoms with van der Waals surface area (Å²) in [6, 6.07) is 13.5. The number of carbonyl (C=O) groups is 2. The molecule has 4 rings (SSSR count). The van der Waals surface area contributed by atoms with E-state index in [4.69, 9.17) is 4.74 Å². The highest BCUT2D eigenvalue weighted by Gasteiger charge is 2.23. The maximum atomic E-state index is 13.8. The molecule has 3 N–H and O–H groups in total. The van der Waals surface area contributed by atoms with Crippen molar-refractivity contribution in [2.24, 2.45) is 0 Å². The third-order valence-corrected chi connectivity index (χ3v) is 6.90. The number of rotatable bonds is 9. The predicted octanol–water partition coefficient (Wildman–Crippen LogP) is 4.10. The third kappa shape index (κ3) is 6.54. The van der Waals surface area contributed by atoms with E-state index in [0.29, 0.717) is 11.7 Å². The van der Waals surface area contributed by atoms with Crippen molar-refractivity contribution < 1.29 is 18.7 Å². The molecule has 1 fully saturated rings. The second-order valence-electron chi connectivity index (χ2n) is 8.42. The first-order valence-corrected chi connectivity index (χ1v) is 12.8. The molecule has 0 spiro atoms. The number of benzene rings is 2. The number of carbonyl (C=O) groups excluding carboxylic acids is 2. The van der Waals surface area contributed by atoms with Crippen molar-refractivity contribution in [3.8, 4) is 5.75 Å². The molecule has 0 saturated heterocycles. The van der Waals surface area contributed by atoms with E-state index >= 15 is 0 Å². The molecular formula is C25H29FN6O3S. The van der Waals surface area contributed by atoms with Crippen molar-refractivity contribution in [2.45, 2.75) is 49.8 Å². The first kappa shape index (κ1) is 25.5. The van der Waals surface area contributed by atoms with Crippen molar-refractivity contribution in [3.63, 3.8) is 0 Å². The Labute approximate surface area is 213 Å². The van der Waals surface area contributed by atoms with Gasteiger partial charge in [0.15, 0.2) is 11.0 Å². The molecule has 2 amide bonds. The number of methoxy groups -OCH3 is 1. The topological polar surface area (TPSA) is 110 Å². The summed E-state index contributed by atoms with van der Waals surface area (Å²) in [6.45, 7) is 0.474. The molecule has 1 aliphatic carbocycles. The number of aromatic nitrogens is 3. The number of halogens is 1. The van der Waals surface area contributed by atoms with Gasteiger partial charge in [-0.1, -0.05) is 49.2 Å². The van der Waals surface area contributed by atoms with Gasteiger partial charge in [0.05, 0.1) is 25.0 Å². The van der Waals surface area contributed by atoms with E-state index in [0.717, 1.165) is 42.9 Å². The van der Waals surface area contributed by atoms with Gasteiger partial charge in [-0.15, -0.1) is 10.2 Å². The first-order chi connectivity index (χ1) is 17.5. The maximum absolute atomic E-state index is 13.8. The van der Waals surface area contributed by atoms with Crippen LogP contribution in [0.15, 0.2) is 53.7 Å². The van der Waals surface area contributed by atoms with Crippen molar-refractivity contribution in [1.82, 2.24) is 25.6 Å². The Bertz CT molecular complexity index is 1200. The van der Waals surface area contributed by atoms with Gasteiger partial charge in [0, 0.05) is 17.8 Å². The molecule has 0 radical (unpaired) electrons. The van der Waals surface area contributed by atoms with Crippen LogP contribution in [0.4, 0.5) is 10.1 Å². The lowest BCUT2D eigenvalue weighted by molar-refractivity contribution is -0.119. The molecule has 1 aromatic heterocycles. The number of hydrogen-bond acceptors (Lipinski definition) is 7. The predicted molar refractivity (Wildman–Crippen MR) is 135 cm³/mol. The summed E-state index contributed by atoms with van der Waals surface area (Å²) in [5, 5.41) is 12.8. The number of hydrogen-bond donors (Lipinski definition) is 3. The van der Waals surface area contributed by atoms with Gasteiger partial charge in [0.1, 0.15) is 11.6 Å². The quantitative estimate of drug-likeness (QED) is 0.293. The molecule has 0 bridgehead atoms. The molecular weight excluding hydrogens is 483 g/mol. The number of nitrogens with zero attached hydrogens (tertiary/aromatic N) is 3. The van der Waals surface area contributed by atoms with Gasteiger partial charge in [-0.05, 0) is 37.1 Å². The van der Waals surface area contributed by atoms with Gasteiger partial charge >= 0.3 is 0 Å². The smallest absolute Gasteiger partial charge is 0.272 e. The lowest BCUT2D eigenvalue weighted by Gasteiger charge is -2.25. The van der Waals surface area contributed by atoms with Crippen LogP contribution in [-0.2, 0) is 11.3 Å². The molecule has 11 heteroatoms. The Hall–Kier alpha value is -3.60. The minimum absolute atomic E-state index is 0.0196. The van der Waals surface area contributed by atoms with Crippen LogP contribution >= 0.6 is 11.8 Å². The Balaban J connectivity index is 1.38. The first-order valence-electron chi connectivity index (χ1n) is 11.8. The van der Waals surface area contributed by atoms with Gasteiger partial charge in [-0.3, -0.25) is 20.4 Å². The van der Waals surface area contributed by atoms with Crippen molar-refractivity contribution in [2.75, 3.05) is 18.2 Å². The average molecular weight is 513 g/mol. The van der Waals surface area contributed by atoms with E-state index in [1.165, 1.54) is 36.4 Å². The van der Waals surface area contributed by atoms with Gasteiger partial charge in [-0.2, -0.15) is 0 Å². The summed E-state index contributed by atoms with van der Waals surface area (Å²) in [6.07, 6.45) is 5.55. The van der Waals surface area contributed by atoms with E-state index in [1.54, 1.807) is 13.2 Å². The molecule has 190 valence electrons. The molecule has 1 aliphatic rings. The molecule has 0 unspecified atom stereocenters. The van der Waals surface area contributed by atoms with Crippen LogP contribution in [0.1, 0.15) is 54.3 Å². The highest BCUT2D eigenvalue weighted by Crippen LogP contribution is 2.33. The summed E-state index contributed by atoms with van der Waals surface area (Å²) in [4.78, 5) is 24.5. The Morgan fingerprint density at radius 3 is 2.67 bits per heavy atom. The zero-order chi connectivity index (χ0) is 25.3. The normalized spacial score (nSPS) is 13.7. The van der Waals surface area contributed by atoms with Crippen molar-refractivity contribution in [1.29, 1.82) is 0 Å². The summed E-state index contributed by atoms with van der Waals surface area (Å²) >= 11 is 1.25. The lowest BCUT2D eigenvalue weighted by Crippen LogP contribution is -2.42. The largest absolute Gasteiger partial charge is 0.497 e. The fourth-order valence-electron chi connectivity index (χ4n) is 4.15. The van der Waals surface area contributed by atoms with Crippen LogP contribution in [0.5, 0.6) is 5.75 Å². The van der Waals surface area contributed by atoms with Crippen LogP contribution in [0, 0.1) is 5.82 Å². The molecule has 3 aromatic rings. The third-order valence-electron chi connectivity index (χ3n) is 5.96. The van der Waals surface area contributed by atoms with Crippen LogP contribution < -0.4 is 20.9 Å². The fourth-order valence-corrected chi connectivity index (χ4v) is 4.98. The number of anilines is 1. The van der Waals surface area contributed by atoms with E-state index in [9.17, 15) is 14.0 Å². The summed E-state index contributed by atoms with van der Waals surface area (Å²) in [5.41, 5.74) is 5.35. The van der Waals surface area contributed by atoms with E-state index in [-0.39, 0.29) is 17.4 Å². The second kappa shape index (κ2) is 12.4. The van der Waals surface area contributed by atoms with Gasteiger partial charge in [0.25, 0.3) is 5.91 Å². The molecule has 1 heterocycles. The fraction of sp³-hybridized carbons (Fsp3) is 0.360. The monoisotopic (exact) mass is 512 g/mol. The zero-order valence-electron chi connectivity index (χ0n) is 20.0. The second-order valence-corrected chi connectivity index (χ2v) is 9.36. The summed E-state index contributed by atoms with van der Waals surface area (Å²) < 4.78 is 21.2. The van der Waals surface area contributed by atoms with Gasteiger partial charge in [0.2, 0.25) is 5.91 Å². The van der Waals surface area contributed by atoms with Crippen LogP contribution in [0.3, 0.4) is 0 Å². The highest BCUT2D eigenvalue weighted by molar-refractivity contribution is 7.99. The zero-order valence-corrected chi connectivity index (χ0v) is 20.8. The lowest BCUT2D eigenvalue weighted by atomic mass is 9.95. The number of nitrogens with one attached hydrogen (secondary N) is 3. The average Bonchev–Trinajstić information content (AvgIpc) is 3.33. The maximum Gasteiger partial charge on any atom is 0.272 e. The van der Waals surface area contributed by atoms with Crippen LogP contribution in [-0.4, -0.2) is 39.4 Å². The molecule has 0 atom stereocenters. The Morgan fingerprint density at radius 2 is 1.89 bits per heavy atom. The number of amides is 2. The number of hydrazine groups is 1. The highest BCUT2D eigenvalue weighted by atomic mass is 32.2. The number of thioether (sulfide) groups is 1.